The van der Waals surface area contributed by atoms with Gasteiger partial charge in [-0.3, -0.25) is 4.79 Å². The Morgan fingerprint density at radius 3 is 2.68 bits per heavy atom. The summed E-state index contributed by atoms with van der Waals surface area (Å²) in [4.78, 5) is 22.7. The van der Waals surface area contributed by atoms with E-state index < -0.39 is 30.6 Å². The van der Waals surface area contributed by atoms with Gasteiger partial charge in [0.25, 0.3) is 0 Å². The van der Waals surface area contributed by atoms with E-state index >= 15 is 0 Å². The van der Waals surface area contributed by atoms with Crippen molar-refractivity contribution >= 4 is 11.9 Å². The average Bonchev–Trinajstić information content (AvgIpc) is 2.43. The second-order valence-electron chi connectivity index (χ2n) is 4.49. The van der Waals surface area contributed by atoms with Crippen LogP contribution in [-0.2, 0) is 22.6 Å². The first-order valence-corrected chi connectivity index (χ1v) is 6.06. The number of amides is 1. The van der Waals surface area contributed by atoms with Crippen LogP contribution in [0.25, 0.3) is 0 Å². The Kier molecular flexibility index (Phi) is 4.13. The third kappa shape index (κ3) is 3.10. The van der Waals surface area contributed by atoms with Gasteiger partial charge in [0.15, 0.2) is 0 Å². The number of hydrogen-bond acceptors (Lipinski definition) is 4. The molecule has 1 aromatic carbocycles. The first kappa shape index (κ1) is 13.5. The van der Waals surface area contributed by atoms with Crippen LogP contribution >= 0.6 is 0 Å². The van der Waals surface area contributed by atoms with Crippen LogP contribution in [0.3, 0.4) is 0 Å². The van der Waals surface area contributed by atoms with E-state index in [1.54, 1.807) is 0 Å². The molecule has 0 radical (unpaired) electrons. The fourth-order valence-corrected chi connectivity index (χ4v) is 2.10. The second kappa shape index (κ2) is 5.81. The monoisotopic (exact) mass is 264 g/mol. The lowest BCUT2D eigenvalue weighted by atomic mass is 9.95. The maximum absolute atomic E-state index is 11.9. The Bertz CT molecular complexity index is 489. The quantitative estimate of drug-likeness (QED) is 0.574. The predicted octanol–water partition coefficient (Wildman–Crippen LogP) is -0.737. The Morgan fingerprint density at radius 2 is 2.05 bits per heavy atom. The first-order chi connectivity index (χ1) is 9.11. The zero-order valence-electron chi connectivity index (χ0n) is 10.3. The number of benzene rings is 1. The van der Waals surface area contributed by atoms with Gasteiger partial charge in [-0.1, -0.05) is 24.3 Å². The summed E-state index contributed by atoms with van der Waals surface area (Å²) in [5.74, 6) is -1.65. The lowest BCUT2D eigenvalue weighted by Crippen LogP contribution is -2.53. The molecule has 6 heteroatoms. The van der Waals surface area contributed by atoms with Crippen molar-refractivity contribution < 1.29 is 19.8 Å². The molecule has 1 aliphatic rings. The molecule has 0 saturated heterocycles. The molecule has 0 fully saturated rings. The van der Waals surface area contributed by atoms with E-state index in [0.717, 1.165) is 11.1 Å². The maximum atomic E-state index is 11.9. The normalized spacial score (nSPS) is 19.3. The largest absolute Gasteiger partial charge is 0.480 e. The molecular weight excluding hydrogens is 248 g/mol. The van der Waals surface area contributed by atoms with Crippen molar-refractivity contribution in [1.29, 1.82) is 0 Å². The summed E-state index contributed by atoms with van der Waals surface area (Å²) in [6, 6.07) is 6.07. The molecule has 102 valence electrons. The molecule has 0 aromatic heterocycles. The molecule has 19 heavy (non-hydrogen) atoms. The predicted molar refractivity (Wildman–Crippen MR) is 67.4 cm³/mol. The summed E-state index contributed by atoms with van der Waals surface area (Å²) in [5.41, 5.74) is 2.22. The standard InChI is InChI=1S/C13H16N2O4/c16-7-11(13(18)19)15-12(17)10-5-8-3-1-2-4-9(8)6-14-10/h1-4,10-11,14,16H,5-7H2,(H,15,17)(H,18,19)/t10-,11+/m1/s1. The SMILES string of the molecule is O=C(O)[C@H](CO)NC(=O)[C@H]1Cc2ccccc2CN1. The zero-order valence-corrected chi connectivity index (χ0v) is 10.3. The summed E-state index contributed by atoms with van der Waals surface area (Å²) in [7, 11) is 0. The Balaban J connectivity index is 2.01. The number of aliphatic carboxylic acids is 1. The summed E-state index contributed by atoms with van der Waals surface area (Å²) in [6.07, 6.45) is 0.514. The fraction of sp³-hybridized carbons (Fsp3) is 0.385. The number of rotatable bonds is 4. The Hall–Kier alpha value is -1.92. The highest BCUT2D eigenvalue weighted by atomic mass is 16.4. The highest BCUT2D eigenvalue weighted by Gasteiger charge is 2.27. The summed E-state index contributed by atoms with van der Waals surface area (Å²) < 4.78 is 0. The van der Waals surface area contributed by atoms with Crippen LogP contribution in [0, 0.1) is 0 Å². The average molecular weight is 264 g/mol. The number of nitrogens with one attached hydrogen (secondary N) is 2. The summed E-state index contributed by atoms with van der Waals surface area (Å²) >= 11 is 0. The van der Waals surface area contributed by atoms with Crippen molar-refractivity contribution in [2.75, 3.05) is 6.61 Å². The van der Waals surface area contributed by atoms with Crippen LogP contribution in [0.2, 0.25) is 0 Å². The highest BCUT2D eigenvalue weighted by Crippen LogP contribution is 2.16. The number of aliphatic hydroxyl groups excluding tert-OH is 1. The van der Waals surface area contributed by atoms with Crippen molar-refractivity contribution in [2.45, 2.75) is 25.0 Å². The highest BCUT2D eigenvalue weighted by molar-refractivity contribution is 5.87. The molecule has 1 amide bonds. The lowest BCUT2D eigenvalue weighted by Gasteiger charge is -2.26. The van der Waals surface area contributed by atoms with Crippen molar-refractivity contribution in [3.05, 3.63) is 35.4 Å². The van der Waals surface area contributed by atoms with E-state index in [9.17, 15) is 9.59 Å². The number of aliphatic hydroxyl groups is 1. The van der Waals surface area contributed by atoms with Gasteiger partial charge in [0.1, 0.15) is 6.04 Å². The van der Waals surface area contributed by atoms with E-state index in [1.807, 2.05) is 24.3 Å². The number of fused-ring (bicyclic) bond motifs is 1. The number of hydrogen-bond donors (Lipinski definition) is 4. The van der Waals surface area contributed by atoms with Gasteiger partial charge in [-0.2, -0.15) is 0 Å². The molecule has 6 nitrogen and oxygen atoms in total. The van der Waals surface area contributed by atoms with E-state index in [1.165, 1.54) is 0 Å². The van der Waals surface area contributed by atoms with Gasteiger partial charge >= 0.3 is 5.97 Å². The zero-order chi connectivity index (χ0) is 13.8. The fourth-order valence-electron chi connectivity index (χ4n) is 2.10. The van der Waals surface area contributed by atoms with Gasteiger partial charge in [-0.25, -0.2) is 4.79 Å². The smallest absolute Gasteiger partial charge is 0.328 e. The molecule has 1 heterocycles. The van der Waals surface area contributed by atoms with Gasteiger partial charge in [0, 0.05) is 6.54 Å². The van der Waals surface area contributed by atoms with Crippen molar-refractivity contribution in [1.82, 2.24) is 10.6 Å². The lowest BCUT2D eigenvalue weighted by molar-refractivity contribution is -0.143. The van der Waals surface area contributed by atoms with Crippen LogP contribution < -0.4 is 10.6 Å². The van der Waals surface area contributed by atoms with E-state index in [-0.39, 0.29) is 0 Å². The number of carboxylic acid groups (broad SMARTS) is 1. The third-order valence-corrected chi connectivity index (χ3v) is 3.19. The van der Waals surface area contributed by atoms with Crippen molar-refractivity contribution in [3.8, 4) is 0 Å². The van der Waals surface area contributed by atoms with Crippen LogP contribution in [0.15, 0.2) is 24.3 Å². The third-order valence-electron chi connectivity index (χ3n) is 3.19. The molecule has 0 aliphatic carbocycles. The number of carboxylic acids is 1. The molecule has 2 atom stereocenters. The first-order valence-electron chi connectivity index (χ1n) is 6.06. The van der Waals surface area contributed by atoms with E-state index in [2.05, 4.69) is 10.6 Å². The minimum atomic E-state index is -1.26. The summed E-state index contributed by atoms with van der Waals surface area (Å²) in [6.45, 7) is -0.0461. The number of carbonyl (C=O) groups excluding carboxylic acids is 1. The minimum Gasteiger partial charge on any atom is -0.480 e. The molecule has 0 spiro atoms. The molecular formula is C13H16N2O4. The van der Waals surface area contributed by atoms with Crippen LogP contribution in [0.4, 0.5) is 0 Å². The van der Waals surface area contributed by atoms with E-state index in [0.29, 0.717) is 13.0 Å². The number of carbonyl (C=O) groups is 2. The van der Waals surface area contributed by atoms with Gasteiger partial charge in [0.2, 0.25) is 5.91 Å². The summed E-state index contributed by atoms with van der Waals surface area (Å²) in [5, 5.41) is 23.0. The Labute approximate surface area is 110 Å². The molecule has 0 unspecified atom stereocenters. The van der Waals surface area contributed by atoms with Crippen molar-refractivity contribution in [2.24, 2.45) is 0 Å². The van der Waals surface area contributed by atoms with Crippen LogP contribution in [0.1, 0.15) is 11.1 Å². The van der Waals surface area contributed by atoms with Crippen molar-refractivity contribution in [3.63, 3.8) is 0 Å². The van der Waals surface area contributed by atoms with E-state index in [4.69, 9.17) is 10.2 Å². The topological polar surface area (TPSA) is 98.7 Å². The van der Waals surface area contributed by atoms with Gasteiger partial charge in [-0.15, -0.1) is 0 Å². The molecule has 0 saturated carbocycles. The Morgan fingerprint density at radius 1 is 1.37 bits per heavy atom. The maximum Gasteiger partial charge on any atom is 0.328 e. The van der Waals surface area contributed by atoms with Gasteiger partial charge in [0.05, 0.1) is 12.6 Å². The van der Waals surface area contributed by atoms with Gasteiger partial charge < -0.3 is 20.8 Å². The van der Waals surface area contributed by atoms with Gasteiger partial charge in [-0.05, 0) is 17.5 Å². The molecule has 4 N–H and O–H groups in total. The molecule has 2 rings (SSSR count). The van der Waals surface area contributed by atoms with Crippen LogP contribution in [-0.4, -0.2) is 40.8 Å². The molecule has 1 aliphatic heterocycles. The molecule has 0 bridgehead atoms. The van der Waals surface area contributed by atoms with Crippen LogP contribution in [0.5, 0.6) is 0 Å². The second-order valence-corrected chi connectivity index (χ2v) is 4.49. The molecule has 1 aromatic rings. The minimum absolute atomic E-state index is 0.407.